The summed E-state index contributed by atoms with van der Waals surface area (Å²) in [6, 6.07) is 8.61. The van der Waals surface area contributed by atoms with E-state index in [2.05, 4.69) is 18.2 Å². The summed E-state index contributed by atoms with van der Waals surface area (Å²) < 4.78 is 25.2. The quantitative estimate of drug-likeness (QED) is 0.757. The molecule has 3 nitrogen and oxygen atoms in total. The lowest BCUT2D eigenvalue weighted by Gasteiger charge is -2.31. The number of nitrogens with zero attached hydrogens (tertiary/aromatic N) is 1. The normalized spacial score (nSPS) is 28.8. The van der Waals surface area contributed by atoms with Crippen molar-refractivity contribution in [2.45, 2.75) is 25.3 Å². The van der Waals surface area contributed by atoms with Crippen molar-refractivity contribution in [2.24, 2.45) is 5.92 Å². The molecule has 0 saturated carbocycles. The molecule has 0 aromatic heterocycles. The van der Waals surface area contributed by atoms with Crippen molar-refractivity contribution in [3.8, 4) is 0 Å². The Balaban J connectivity index is 1.95. The lowest BCUT2D eigenvalue weighted by Crippen LogP contribution is -2.41. The molecular weight excluding hydrogens is 234 g/mol. The Labute approximate surface area is 102 Å². The van der Waals surface area contributed by atoms with Crippen molar-refractivity contribution in [3.63, 3.8) is 0 Å². The first-order valence-corrected chi connectivity index (χ1v) is 7.94. The minimum absolute atomic E-state index is 0.194. The molecule has 0 radical (unpaired) electrons. The first-order valence-electron chi connectivity index (χ1n) is 6.09. The Morgan fingerprint density at radius 2 is 1.82 bits per heavy atom. The second kappa shape index (κ2) is 3.82. The summed E-state index contributed by atoms with van der Waals surface area (Å²) >= 11 is 0. The van der Waals surface area contributed by atoms with Crippen LogP contribution in [0.5, 0.6) is 0 Å². The average Bonchev–Trinajstić information content (AvgIpc) is 2.68. The van der Waals surface area contributed by atoms with Crippen LogP contribution in [0.2, 0.25) is 0 Å². The molecule has 0 spiro atoms. The summed E-state index contributed by atoms with van der Waals surface area (Å²) in [6.07, 6.45) is 4.25. The van der Waals surface area contributed by atoms with Crippen LogP contribution < -0.4 is 0 Å². The lowest BCUT2D eigenvalue weighted by atomic mass is 9.81. The molecule has 2 aliphatic rings. The van der Waals surface area contributed by atoms with Crippen LogP contribution >= 0.6 is 0 Å². The van der Waals surface area contributed by atoms with E-state index in [9.17, 15) is 8.42 Å². The number of sulfonamides is 1. The van der Waals surface area contributed by atoms with E-state index in [1.165, 1.54) is 17.4 Å². The molecule has 0 N–H and O–H groups in total. The SMILES string of the molecule is CS(=O)(=O)N1CC[C@H]2Cc3ccccc3C[C@@H]21. The summed E-state index contributed by atoms with van der Waals surface area (Å²) in [4.78, 5) is 0. The molecule has 1 saturated heterocycles. The van der Waals surface area contributed by atoms with Gasteiger partial charge in [-0.1, -0.05) is 24.3 Å². The van der Waals surface area contributed by atoms with E-state index >= 15 is 0 Å². The fourth-order valence-electron chi connectivity index (χ4n) is 3.27. The van der Waals surface area contributed by atoms with Crippen molar-refractivity contribution in [1.29, 1.82) is 0 Å². The Morgan fingerprint density at radius 1 is 1.18 bits per heavy atom. The number of fused-ring (bicyclic) bond motifs is 2. The van der Waals surface area contributed by atoms with E-state index in [1.54, 1.807) is 4.31 Å². The number of rotatable bonds is 1. The Bertz CT molecular complexity index is 538. The highest BCUT2D eigenvalue weighted by atomic mass is 32.2. The zero-order valence-electron chi connectivity index (χ0n) is 9.96. The summed E-state index contributed by atoms with van der Waals surface area (Å²) in [6.45, 7) is 0.697. The first kappa shape index (κ1) is 11.2. The molecular formula is C13H17NO2S. The Morgan fingerprint density at radius 3 is 2.47 bits per heavy atom. The lowest BCUT2D eigenvalue weighted by molar-refractivity contribution is 0.320. The van der Waals surface area contributed by atoms with E-state index in [4.69, 9.17) is 0 Å². The predicted molar refractivity (Wildman–Crippen MR) is 67.3 cm³/mol. The van der Waals surface area contributed by atoms with Gasteiger partial charge in [-0.05, 0) is 36.3 Å². The Kier molecular flexibility index (Phi) is 2.52. The molecule has 1 heterocycles. The molecule has 1 aromatic carbocycles. The van der Waals surface area contributed by atoms with Gasteiger partial charge in [0.05, 0.1) is 6.26 Å². The molecule has 92 valence electrons. The van der Waals surface area contributed by atoms with Crippen molar-refractivity contribution in [2.75, 3.05) is 12.8 Å². The summed E-state index contributed by atoms with van der Waals surface area (Å²) in [5.74, 6) is 0.514. The van der Waals surface area contributed by atoms with Crippen LogP contribution in [0.3, 0.4) is 0 Å². The zero-order valence-corrected chi connectivity index (χ0v) is 10.8. The average molecular weight is 251 g/mol. The van der Waals surface area contributed by atoms with Crippen LogP contribution in [-0.2, 0) is 22.9 Å². The van der Waals surface area contributed by atoms with Gasteiger partial charge in [0.2, 0.25) is 10.0 Å². The molecule has 1 fully saturated rings. The fourth-order valence-corrected chi connectivity index (χ4v) is 4.44. The molecule has 1 aromatic rings. The van der Waals surface area contributed by atoms with E-state index in [1.807, 2.05) is 6.07 Å². The maximum Gasteiger partial charge on any atom is 0.211 e. The van der Waals surface area contributed by atoms with Crippen LogP contribution in [-0.4, -0.2) is 31.6 Å². The summed E-state index contributed by atoms with van der Waals surface area (Å²) in [7, 11) is -3.04. The minimum atomic E-state index is -3.04. The topological polar surface area (TPSA) is 37.4 Å². The summed E-state index contributed by atoms with van der Waals surface area (Å²) in [5.41, 5.74) is 2.73. The van der Waals surface area contributed by atoms with Crippen LogP contribution in [0, 0.1) is 5.92 Å². The van der Waals surface area contributed by atoms with Crippen LogP contribution in [0.25, 0.3) is 0 Å². The van der Waals surface area contributed by atoms with Crippen LogP contribution in [0.4, 0.5) is 0 Å². The second-order valence-corrected chi connectivity index (χ2v) is 7.10. The van der Waals surface area contributed by atoms with E-state index in [-0.39, 0.29) is 6.04 Å². The maximum absolute atomic E-state index is 11.7. The van der Waals surface area contributed by atoms with Gasteiger partial charge in [0.15, 0.2) is 0 Å². The molecule has 2 atom stereocenters. The van der Waals surface area contributed by atoms with Gasteiger partial charge in [0.1, 0.15) is 0 Å². The smallest absolute Gasteiger partial charge is 0.211 e. The second-order valence-electron chi connectivity index (χ2n) is 5.17. The van der Waals surface area contributed by atoms with Crippen molar-refractivity contribution >= 4 is 10.0 Å². The molecule has 1 aliphatic heterocycles. The van der Waals surface area contributed by atoms with Gasteiger partial charge < -0.3 is 0 Å². The highest BCUT2D eigenvalue weighted by molar-refractivity contribution is 7.88. The molecule has 0 bridgehead atoms. The standard InChI is InChI=1S/C13H17NO2S/c1-17(15,16)14-7-6-12-8-10-4-2-3-5-11(10)9-13(12)14/h2-5,12-13H,6-9H2,1H3/t12-,13-/m0/s1. The highest BCUT2D eigenvalue weighted by Gasteiger charge is 2.41. The number of benzene rings is 1. The monoisotopic (exact) mass is 251 g/mol. The van der Waals surface area contributed by atoms with E-state index in [0.29, 0.717) is 12.5 Å². The third kappa shape index (κ3) is 1.89. The molecule has 4 heteroatoms. The van der Waals surface area contributed by atoms with Gasteiger partial charge >= 0.3 is 0 Å². The molecule has 1 aliphatic carbocycles. The van der Waals surface area contributed by atoms with Gasteiger partial charge in [0.25, 0.3) is 0 Å². The molecule has 0 unspecified atom stereocenters. The van der Waals surface area contributed by atoms with E-state index < -0.39 is 10.0 Å². The van der Waals surface area contributed by atoms with Gasteiger partial charge in [-0.2, -0.15) is 4.31 Å². The van der Waals surface area contributed by atoms with Crippen molar-refractivity contribution < 1.29 is 8.42 Å². The van der Waals surface area contributed by atoms with Gasteiger partial charge in [-0.3, -0.25) is 0 Å². The summed E-state index contributed by atoms with van der Waals surface area (Å²) in [5, 5.41) is 0. The number of hydrogen-bond acceptors (Lipinski definition) is 2. The largest absolute Gasteiger partial charge is 0.212 e. The minimum Gasteiger partial charge on any atom is -0.212 e. The fraction of sp³-hybridized carbons (Fsp3) is 0.538. The zero-order chi connectivity index (χ0) is 12.0. The third-order valence-corrected chi connectivity index (χ3v) is 5.40. The molecule has 3 rings (SSSR count). The van der Waals surface area contributed by atoms with E-state index in [0.717, 1.165) is 19.3 Å². The maximum atomic E-state index is 11.7. The van der Waals surface area contributed by atoms with Gasteiger partial charge in [-0.25, -0.2) is 8.42 Å². The van der Waals surface area contributed by atoms with Crippen LogP contribution in [0.1, 0.15) is 17.5 Å². The molecule has 0 amide bonds. The van der Waals surface area contributed by atoms with Crippen molar-refractivity contribution in [3.05, 3.63) is 35.4 Å². The Hall–Kier alpha value is -0.870. The van der Waals surface area contributed by atoms with Crippen molar-refractivity contribution in [1.82, 2.24) is 4.31 Å². The molecule has 17 heavy (non-hydrogen) atoms. The number of hydrogen-bond donors (Lipinski definition) is 0. The first-order chi connectivity index (χ1) is 8.05. The van der Waals surface area contributed by atoms with Crippen LogP contribution in [0.15, 0.2) is 24.3 Å². The van der Waals surface area contributed by atoms with Gasteiger partial charge in [-0.15, -0.1) is 0 Å². The van der Waals surface area contributed by atoms with Gasteiger partial charge in [0, 0.05) is 12.6 Å². The third-order valence-electron chi connectivity index (χ3n) is 4.09. The predicted octanol–water partition coefficient (Wildman–Crippen LogP) is 1.44. The highest BCUT2D eigenvalue weighted by Crippen LogP contribution is 2.36.